The van der Waals surface area contributed by atoms with Gasteiger partial charge in [-0.1, -0.05) is 11.6 Å². The van der Waals surface area contributed by atoms with Crippen molar-refractivity contribution in [3.63, 3.8) is 0 Å². The lowest BCUT2D eigenvalue weighted by atomic mass is 10.2. The summed E-state index contributed by atoms with van der Waals surface area (Å²) in [5.74, 6) is 0.426. The van der Waals surface area contributed by atoms with Crippen molar-refractivity contribution in [2.45, 2.75) is 6.92 Å². The lowest BCUT2D eigenvalue weighted by Crippen LogP contribution is -2.08. The fourth-order valence-corrected chi connectivity index (χ4v) is 1.71. The maximum Gasteiger partial charge on any atom is 0.248 e. The number of amides is 1. The highest BCUT2D eigenvalue weighted by atomic mass is 35.5. The Bertz CT molecular complexity index is 573. The molecule has 0 fully saturated rings. The number of hydrogen-bond donors (Lipinski definition) is 1. The number of rotatable bonds is 3. The van der Waals surface area contributed by atoms with E-state index in [9.17, 15) is 4.79 Å². The number of benzene rings is 1. The van der Waals surface area contributed by atoms with Crippen LogP contribution in [0, 0.1) is 6.92 Å². The topological polar surface area (TPSA) is 42.2 Å². The SMILES string of the molecule is Cc1cc(Cl)ccc1NC(=O)/C=C/c1ccco1. The molecule has 0 saturated heterocycles. The molecule has 1 aromatic carbocycles. The van der Waals surface area contributed by atoms with Crippen LogP contribution in [-0.2, 0) is 4.79 Å². The Labute approximate surface area is 110 Å². The average molecular weight is 262 g/mol. The molecule has 0 bridgehead atoms. The van der Waals surface area contributed by atoms with Crippen molar-refractivity contribution in [2.75, 3.05) is 5.32 Å². The van der Waals surface area contributed by atoms with Gasteiger partial charge in [-0.15, -0.1) is 0 Å². The van der Waals surface area contributed by atoms with Crippen LogP contribution in [0.4, 0.5) is 5.69 Å². The average Bonchev–Trinajstić information content (AvgIpc) is 2.83. The highest BCUT2D eigenvalue weighted by Crippen LogP contribution is 2.19. The van der Waals surface area contributed by atoms with Crippen molar-refractivity contribution >= 4 is 29.3 Å². The van der Waals surface area contributed by atoms with Gasteiger partial charge in [-0.25, -0.2) is 0 Å². The molecular formula is C14H12ClNO2. The first-order valence-corrected chi connectivity index (χ1v) is 5.81. The fourth-order valence-electron chi connectivity index (χ4n) is 1.49. The summed E-state index contributed by atoms with van der Waals surface area (Å²) in [6.07, 6.45) is 4.59. The Hall–Kier alpha value is -2.00. The van der Waals surface area contributed by atoms with Crippen molar-refractivity contribution < 1.29 is 9.21 Å². The molecule has 1 N–H and O–H groups in total. The Morgan fingerprint density at radius 3 is 2.89 bits per heavy atom. The van der Waals surface area contributed by atoms with E-state index in [2.05, 4.69) is 5.32 Å². The lowest BCUT2D eigenvalue weighted by molar-refractivity contribution is -0.111. The predicted molar refractivity (Wildman–Crippen MR) is 72.6 cm³/mol. The van der Waals surface area contributed by atoms with Gasteiger partial charge in [-0.05, 0) is 48.9 Å². The smallest absolute Gasteiger partial charge is 0.248 e. The third kappa shape index (κ3) is 3.25. The van der Waals surface area contributed by atoms with Crippen LogP contribution in [0.1, 0.15) is 11.3 Å². The molecule has 0 radical (unpaired) electrons. The van der Waals surface area contributed by atoms with Crippen LogP contribution in [0.15, 0.2) is 47.1 Å². The van der Waals surface area contributed by atoms with E-state index in [1.165, 1.54) is 6.08 Å². The van der Waals surface area contributed by atoms with Gasteiger partial charge in [0.1, 0.15) is 5.76 Å². The van der Waals surface area contributed by atoms with E-state index >= 15 is 0 Å². The summed E-state index contributed by atoms with van der Waals surface area (Å²) in [5.41, 5.74) is 1.66. The molecule has 0 aliphatic heterocycles. The summed E-state index contributed by atoms with van der Waals surface area (Å²) < 4.78 is 5.09. The molecule has 0 unspecified atom stereocenters. The molecule has 0 spiro atoms. The second kappa shape index (κ2) is 5.56. The number of aryl methyl sites for hydroxylation is 1. The van der Waals surface area contributed by atoms with E-state index in [-0.39, 0.29) is 5.91 Å². The third-order valence-electron chi connectivity index (χ3n) is 2.39. The molecule has 1 heterocycles. The number of hydrogen-bond acceptors (Lipinski definition) is 2. The molecule has 1 amide bonds. The molecule has 0 saturated carbocycles. The number of carbonyl (C=O) groups is 1. The molecule has 2 rings (SSSR count). The van der Waals surface area contributed by atoms with Crippen LogP contribution in [0.5, 0.6) is 0 Å². The van der Waals surface area contributed by atoms with Crippen LogP contribution < -0.4 is 5.32 Å². The van der Waals surface area contributed by atoms with Gasteiger partial charge in [0.25, 0.3) is 0 Å². The maximum absolute atomic E-state index is 11.7. The monoisotopic (exact) mass is 261 g/mol. The standard InChI is InChI=1S/C14H12ClNO2/c1-10-9-11(15)4-6-13(10)16-14(17)7-5-12-3-2-8-18-12/h2-9H,1H3,(H,16,17)/b7-5+. The maximum atomic E-state index is 11.7. The molecule has 1 aromatic heterocycles. The van der Waals surface area contributed by atoms with Gasteiger partial charge >= 0.3 is 0 Å². The van der Waals surface area contributed by atoms with Crippen molar-refractivity contribution in [3.8, 4) is 0 Å². The minimum absolute atomic E-state index is 0.211. The van der Waals surface area contributed by atoms with E-state index < -0.39 is 0 Å². The van der Waals surface area contributed by atoms with Crippen LogP contribution in [0.25, 0.3) is 6.08 Å². The van der Waals surface area contributed by atoms with Gasteiger partial charge in [0.15, 0.2) is 0 Å². The van der Waals surface area contributed by atoms with Crippen molar-refractivity contribution in [1.29, 1.82) is 0 Å². The van der Waals surface area contributed by atoms with E-state index in [1.807, 2.05) is 6.92 Å². The lowest BCUT2D eigenvalue weighted by Gasteiger charge is -2.06. The number of carbonyl (C=O) groups excluding carboxylic acids is 1. The first-order valence-electron chi connectivity index (χ1n) is 5.44. The van der Waals surface area contributed by atoms with Gasteiger partial charge in [-0.3, -0.25) is 4.79 Å². The molecular weight excluding hydrogens is 250 g/mol. The zero-order valence-electron chi connectivity index (χ0n) is 9.81. The summed E-state index contributed by atoms with van der Waals surface area (Å²) in [7, 11) is 0. The minimum Gasteiger partial charge on any atom is -0.465 e. The van der Waals surface area contributed by atoms with Crippen molar-refractivity contribution in [1.82, 2.24) is 0 Å². The molecule has 18 heavy (non-hydrogen) atoms. The highest BCUT2D eigenvalue weighted by Gasteiger charge is 2.02. The Kier molecular flexibility index (Phi) is 3.85. The van der Waals surface area contributed by atoms with E-state index in [1.54, 1.807) is 42.7 Å². The second-order valence-electron chi connectivity index (χ2n) is 3.80. The van der Waals surface area contributed by atoms with Crippen LogP contribution in [0.3, 0.4) is 0 Å². The molecule has 2 aromatic rings. The first-order chi connectivity index (χ1) is 8.65. The second-order valence-corrected chi connectivity index (χ2v) is 4.23. The largest absolute Gasteiger partial charge is 0.465 e. The summed E-state index contributed by atoms with van der Waals surface area (Å²) in [5, 5.41) is 3.42. The van der Waals surface area contributed by atoms with Gasteiger partial charge in [-0.2, -0.15) is 0 Å². The molecule has 3 nitrogen and oxygen atoms in total. The van der Waals surface area contributed by atoms with Gasteiger partial charge in [0.2, 0.25) is 5.91 Å². The zero-order valence-corrected chi connectivity index (χ0v) is 10.6. The van der Waals surface area contributed by atoms with E-state index in [0.717, 1.165) is 11.3 Å². The molecule has 0 aliphatic carbocycles. The number of halogens is 1. The fraction of sp³-hybridized carbons (Fsp3) is 0.0714. The molecule has 92 valence electrons. The summed E-state index contributed by atoms with van der Waals surface area (Å²) in [6.45, 7) is 1.89. The normalized spacial score (nSPS) is 10.8. The van der Waals surface area contributed by atoms with Gasteiger partial charge < -0.3 is 9.73 Å². The molecule has 0 atom stereocenters. The molecule has 0 aliphatic rings. The zero-order chi connectivity index (χ0) is 13.0. The number of furan rings is 1. The summed E-state index contributed by atoms with van der Waals surface area (Å²) in [4.78, 5) is 11.7. The van der Waals surface area contributed by atoms with Crippen LogP contribution in [0.2, 0.25) is 5.02 Å². The van der Waals surface area contributed by atoms with Crippen LogP contribution in [-0.4, -0.2) is 5.91 Å². The van der Waals surface area contributed by atoms with Gasteiger partial charge in [0.05, 0.1) is 6.26 Å². The predicted octanol–water partition coefficient (Wildman–Crippen LogP) is 3.89. The summed E-state index contributed by atoms with van der Waals surface area (Å²) >= 11 is 5.84. The number of anilines is 1. The Morgan fingerprint density at radius 2 is 2.22 bits per heavy atom. The first kappa shape index (κ1) is 12.5. The Balaban J connectivity index is 2.03. The van der Waals surface area contributed by atoms with Crippen molar-refractivity contribution in [2.24, 2.45) is 0 Å². The molecule has 4 heteroatoms. The third-order valence-corrected chi connectivity index (χ3v) is 2.62. The highest BCUT2D eigenvalue weighted by molar-refractivity contribution is 6.30. The van der Waals surface area contributed by atoms with Crippen molar-refractivity contribution in [3.05, 3.63) is 59.0 Å². The van der Waals surface area contributed by atoms with Gasteiger partial charge in [0, 0.05) is 16.8 Å². The minimum atomic E-state index is -0.211. The quantitative estimate of drug-likeness (QED) is 0.852. The van der Waals surface area contributed by atoms with Crippen LogP contribution >= 0.6 is 11.6 Å². The van der Waals surface area contributed by atoms with E-state index in [0.29, 0.717) is 10.8 Å². The summed E-state index contributed by atoms with van der Waals surface area (Å²) in [6, 6.07) is 8.85. The number of nitrogens with one attached hydrogen (secondary N) is 1. The Morgan fingerprint density at radius 1 is 1.39 bits per heavy atom. The van der Waals surface area contributed by atoms with E-state index in [4.69, 9.17) is 16.0 Å².